The van der Waals surface area contributed by atoms with E-state index >= 15 is 0 Å². The molecule has 2 rings (SSSR count). The van der Waals surface area contributed by atoms with Crippen LogP contribution in [0.3, 0.4) is 0 Å². The molecule has 1 nitrogen and oxygen atoms in total. The molecule has 1 aromatic heterocycles. The molecule has 2 heteroatoms. The second-order valence-corrected chi connectivity index (χ2v) is 12.9. The summed E-state index contributed by atoms with van der Waals surface area (Å²) >= 11 is 0. The molecule has 1 heterocycles. The zero-order chi connectivity index (χ0) is 20.9. The minimum absolute atomic E-state index is 0.0190. The van der Waals surface area contributed by atoms with Crippen LogP contribution in [0.1, 0.15) is 102 Å². The van der Waals surface area contributed by atoms with Gasteiger partial charge in [0.15, 0.2) is 5.78 Å². The van der Waals surface area contributed by atoms with Gasteiger partial charge in [-0.05, 0) is 64.2 Å². The fraction of sp³-hybridized carbons (Fsp3) is 0.560. The second-order valence-electron chi connectivity index (χ2n) is 11.0. The van der Waals surface area contributed by atoms with Crippen LogP contribution in [0.2, 0.25) is 0 Å². The van der Waals surface area contributed by atoms with E-state index in [1.165, 1.54) is 27.6 Å². The van der Waals surface area contributed by atoms with E-state index in [1.54, 1.807) is 6.92 Å². The fourth-order valence-corrected chi connectivity index (χ4v) is 6.51. The highest BCUT2D eigenvalue weighted by atomic mass is 31.1. The lowest BCUT2D eigenvalue weighted by atomic mass is 9.75. The summed E-state index contributed by atoms with van der Waals surface area (Å²) in [6.45, 7) is 24.5. The average molecular weight is 385 g/mol. The van der Waals surface area contributed by atoms with E-state index in [4.69, 9.17) is 0 Å². The highest BCUT2D eigenvalue weighted by molar-refractivity contribution is 7.58. The van der Waals surface area contributed by atoms with Gasteiger partial charge in [0.2, 0.25) is 0 Å². The first-order valence-electron chi connectivity index (χ1n) is 9.93. The summed E-state index contributed by atoms with van der Waals surface area (Å²) in [4.78, 5) is 12.4. The fourth-order valence-electron chi connectivity index (χ4n) is 3.52. The van der Waals surface area contributed by atoms with Gasteiger partial charge in [0, 0.05) is 10.6 Å². The van der Waals surface area contributed by atoms with Crippen LogP contribution >= 0.6 is 7.53 Å². The number of carbonyl (C=O) groups excluding carboxylic acids is 1. The van der Waals surface area contributed by atoms with Gasteiger partial charge in [-0.25, -0.2) is 0 Å². The molecule has 0 aliphatic carbocycles. The van der Waals surface area contributed by atoms with Crippen molar-refractivity contribution in [1.29, 1.82) is 0 Å². The molecule has 0 aliphatic heterocycles. The molecular formula is C25H37OP. The largest absolute Gasteiger partial charge is 0.294 e. The molecule has 0 amide bonds. The Morgan fingerprint density at radius 1 is 0.778 bits per heavy atom. The van der Waals surface area contributed by atoms with Gasteiger partial charge >= 0.3 is 0 Å². The Morgan fingerprint density at radius 2 is 1.22 bits per heavy atom. The number of aryl methyl sites for hydroxylation is 1. The molecule has 0 N–H and O–H groups in total. The van der Waals surface area contributed by atoms with Crippen molar-refractivity contribution in [3.8, 4) is 5.30 Å². The van der Waals surface area contributed by atoms with E-state index < -0.39 is 7.53 Å². The predicted molar refractivity (Wildman–Crippen MR) is 121 cm³/mol. The van der Waals surface area contributed by atoms with Crippen molar-refractivity contribution < 1.29 is 4.79 Å². The van der Waals surface area contributed by atoms with Crippen molar-refractivity contribution in [2.45, 2.75) is 92.4 Å². The minimum Gasteiger partial charge on any atom is -0.294 e. The maximum absolute atomic E-state index is 12.4. The second kappa shape index (κ2) is 6.93. The third kappa shape index (κ3) is 4.57. The zero-order valence-corrected chi connectivity index (χ0v) is 20.1. The zero-order valence-electron chi connectivity index (χ0n) is 19.2. The standard InChI is InChI=1S/C25H37OP/c1-16-12-21(17(2)26)27(15-16)22-19(24(6,7)8)13-18(23(3,4)5)14-20(22)25(9,10)11/h12-15H,1-11H3. The topological polar surface area (TPSA) is 17.1 Å². The molecule has 1 atom stereocenters. The number of Topliss-reactive ketones (excluding diaryl/α,β-unsaturated/α-hetero) is 1. The quantitative estimate of drug-likeness (QED) is 0.478. The van der Waals surface area contributed by atoms with Crippen LogP contribution in [-0.2, 0) is 16.2 Å². The van der Waals surface area contributed by atoms with Crippen molar-refractivity contribution >= 4 is 13.3 Å². The highest BCUT2D eigenvalue weighted by Crippen LogP contribution is 2.54. The highest BCUT2D eigenvalue weighted by Gasteiger charge is 2.31. The van der Waals surface area contributed by atoms with Gasteiger partial charge in [-0.3, -0.25) is 4.79 Å². The van der Waals surface area contributed by atoms with Gasteiger partial charge < -0.3 is 0 Å². The number of benzene rings is 1. The van der Waals surface area contributed by atoms with Crippen LogP contribution in [0.25, 0.3) is 5.30 Å². The van der Waals surface area contributed by atoms with Gasteiger partial charge in [-0.2, -0.15) is 0 Å². The molecule has 1 aromatic carbocycles. The number of hydrogen-bond acceptors (Lipinski definition) is 1. The Kier molecular flexibility index (Phi) is 5.63. The Balaban J connectivity index is 3.06. The maximum atomic E-state index is 12.4. The van der Waals surface area contributed by atoms with Crippen molar-refractivity contribution in [2.75, 3.05) is 0 Å². The van der Waals surface area contributed by atoms with E-state index in [2.05, 4.69) is 93.2 Å². The lowest BCUT2D eigenvalue weighted by Crippen LogP contribution is -2.22. The van der Waals surface area contributed by atoms with Crippen molar-refractivity contribution in [2.24, 2.45) is 0 Å². The summed E-state index contributed by atoms with van der Waals surface area (Å²) in [5, 5.41) is 2.39. The first-order valence-corrected chi connectivity index (χ1v) is 11.3. The lowest BCUT2D eigenvalue weighted by molar-refractivity contribution is 0.102. The van der Waals surface area contributed by atoms with Gasteiger partial charge in [0.25, 0.3) is 0 Å². The molecule has 0 aliphatic rings. The summed E-state index contributed by atoms with van der Waals surface area (Å²) in [5.41, 5.74) is 5.51. The summed E-state index contributed by atoms with van der Waals surface area (Å²) in [5.74, 6) is 2.54. The molecule has 1 unspecified atom stereocenters. The number of hydrogen-bond donors (Lipinski definition) is 0. The van der Waals surface area contributed by atoms with Crippen molar-refractivity contribution in [1.82, 2.24) is 0 Å². The van der Waals surface area contributed by atoms with Crippen LogP contribution in [-0.4, -0.2) is 5.78 Å². The number of carbonyl (C=O) groups is 1. The maximum Gasteiger partial charge on any atom is 0.164 e. The minimum atomic E-state index is -0.751. The van der Waals surface area contributed by atoms with E-state index in [0.29, 0.717) is 0 Å². The first-order chi connectivity index (χ1) is 12.0. The van der Waals surface area contributed by atoms with Crippen LogP contribution in [0, 0.1) is 6.92 Å². The van der Waals surface area contributed by atoms with Crippen molar-refractivity contribution in [3.05, 3.63) is 51.5 Å². The van der Waals surface area contributed by atoms with Gasteiger partial charge in [0.05, 0.1) is 0 Å². The summed E-state index contributed by atoms with van der Waals surface area (Å²) < 4.78 is 0. The molecule has 0 spiro atoms. The molecule has 148 valence electrons. The summed E-state index contributed by atoms with van der Waals surface area (Å²) in [7, 11) is -0.751. The summed E-state index contributed by atoms with van der Waals surface area (Å²) in [6.07, 6.45) is 0. The van der Waals surface area contributed by atoms with E-state index in [9.17, 15) is 4.79 Å². The summed E-state index contributed by atoms with van der Waals surface area (Å²) in [6, 6.07) is 6.92. The van der Waals surface area contributed by atoms with Gasteiger partial charge in [-0.15, -0.1) is 0 Å². The Hall–Kier alpha value is -1.33. The average Bonchev–Trinajstić information content (AvgIpc) is 2.85. The monoisotopic (exact) mass is 384 g/mol. The van der Waals surface area contributed by atoms with Crippen LogP contribution in [0.4, 0.5) is 0 Å². The molecule has 0 saturated carbocycles. The Morgan fingerprint density at radius 3 is 1.56 bits per heavy atom. The Bertz CT molecular complexity index is 826. The smallest absolute Gasteiger partial charge is 0.164 e. The molecule has 0 saturated heterocycles. The van der Waals surface area contributed by atoms with E-state index in [1.807, 2.05) is 0 Å². The first kappa shape index (κ1) is 22.0. The molecule has 0 fully saturated rings. The molecule has 2 aromatic rings. The molecule has 0 radical (unpaired) electrons. The van der Waals surface area contributed by atoms with Crippen LogP contribution in [0.5, 0.6) is 0 Å². The number of rotatable bonds is 2. The third-order valence-electron chi connectivity index (χ3n) is 5.15. The van der Waals surface area contributed by atoms with E-state index in [0.717, 1.165) is 5.30 Å². The van der Waals surface area contributed by atoms with Gasteiger partial charge in [0.1, 0.15) is 0 Å². The predicted octanol–water partition coefficient (Wildman–Crippen LogP) is 8.07. The van der Waals surface area contributed by atoms with Crippen LogP contribution < -0.4 is 0 Å². The Labute approximate surface area is 167 Å². The van der Waals surface area contributed by atoms with Crippen molar-refractivity contribution in [3.63, 3.8) is 0 Å². The normalized spacial score (nSPS) is 13.8. The third-order valence-corrected chi connectivity index (χ3v) is 7.74. The van der Waals surface area contributed by atoms with E-state index in [-0.39, 0.29) is 22.0 Å². The number of ketones is 1. The molecule has 27 heavy (non-hydrogen) atoms. The SMILES string of the molecule is CC(=O)c1cc(C)cp1-c1c(C(C)(C)C)cc(C(C)(C)C)cc1C(C)(C)C. The molecular weight excluding hydrogens is 347 g/mol. The van der Waals surface area contributed by atoms with Gasteiger partial charge in [-0.1, -0.05) is 82.0 Å². The van der Waals surface area contributed by atoms with Crippen LogP contribution in [0.15, 0.2) is 24.0 Å². The molecule has 0 bridgehead atoms. The lowest BCUT2D eigenvalue weighted by Gasteiger charge is -2.34.